The van der Waals surface area contributed by atoms with Crippen LogP contribution in [0.5, 0.6) is 0 Å². The zero-order chi connectivity index (χ0) is 11.7. The Balaban J connectivity index is 3.40. The number of nitrogens with one attached hydrogen (secondary N) is 2. The molecule has 0 aromatic carbocycles. The molecule has 0 heterocycles. The lowest BCUT2D eigenvalue weighted by molar-refractivity contribution is -0.120. The van der Waals surface area contributed by atoms with Crippen LogP contribution < -0.4 is 10.6 Å². The lowest BCUT2D eigenvalue weighted by Crippen LogP contribution is -2.37. The molecule has 3 N–H and O–H groups in total. The maximum atomic E-state index is 11.2. The predicted molar refractivity (Wildman–Crippen MR) is 61.6 cm³/mol. The topological polar surface area (TPSA) is 61.4 Å². The van der Waals surface area contributed by atoms with Crippen LogP contribution in [0.1, 0.15) is 33.6 Å². The summed E-state index contributed by atoms with van der Waals surface area (Å²) in [5.41, 5.74) is 0. The summed E-state index contributed by atoms with van der Waals surface area (Å²) in [6.45, 7) is 7.64. The summed E-state index contributed by atoms with van der Waals surface area (Å²) >= 11 is 0. The monoisotopic (exact) mass is 216 g/mol. The van der Waals surface area contributed by atoms with E-state index in [4.69, 9.17) is 0 Å². The first-order valence-electron chi connectivity index (χ1n) is 5.71. The molecule has 90 valence electrons. The molecular weight excluding hydrogens is 192 g/mol. The highest BCUT2D eigenvalue weighted by molar-refractivity contribution is 5.77. The van der Waals surface area contributed by atoms with E-state index in [0.29, 0.717) is 12.5 Å². The minimum absolute atomic E-state index is 0.00593. The van der Waals surface area contributed by atoms with E-state index in [1.54, 1.807) is 0 Å². The molecule has 15 heavy (non-hydrogen) atoms. The van der Waals surface area contributed by atoms with Gasteiger partial charge in [-0.1, -0.05) is 20.8 Å². The van der Waals surface area contributed by atoms with Crippen molar-refractivity contribution in [3.05, 3.63) is 0 Å². The second-order valence-corrected chi connectivity index (χ2v) is 4.26. The lowest BCUT2D eigenvalue weighted by Gasteiger charge is -2.13. The van der Waals surface area contributed by atoms with Crippen molar-refractivity contribution in [3.8, 4) is 0 Å². The van der Waals surface area contributed by atoms with Crippen LogP contribution in [0.25, 0.3) is 0 Å². The Morgan fingerprint density at radius 3 is 2.60 bits per heavy atom. The zero-order valence-corrected chi connectivity index (χ0v) is 10.0. The third kappa shape index (κ3) is 9.69. The standard InChI is InChI=1S/C11H24N2O2/c1-4-5-13-11(15)8-12-7-10(14)6-9(2)3/h9-10,12,14H,4-8H2,1-3H3,(H,13,15). The number of carbonyl (C=O) groups is 1. The van der Waals surface area contributed by atoms with E-state index >= 15 is 0 Å². The Morgan fingerprint density at radius 1 is 1.40 bits per heavy atom. The summed E-state index contributed by atoms with van der Waals surface area (Å²) in [4.78, 5) is 11.2. The van der Waals surface area contributed by atoms with Crippen molar-refractivity contribution < 1.29 is 9.90 Å². The van der Waals surface area contributed by atoms with Gasteiger partial charge in [0.15, 0.2) is 0 Å². The number of hydrogen-bond donors (Lipinski definition) is 3. The Morgan fingerprint density at radius 2 is 2.07 bits per heavy atom. The molecule has 1 amide bonds. The second-order valence-electron chi connectivity index (χ2n) is 4.26. The second kappa shape index (κ2) is 8.68. The molecule has 0 aliphatic heterocycles. The van der Waals surface area contributed by atoms with Crippen molar-refractivity contribution in [2.75, 3.05) is 19.6 Å². The summed E-state index contributed by atoms with van der Waals surface area (Å²) in [6, 6.07) is 0. The Hall–Kier alpha value is -0.610. The molecule has 0 spiro atoms. The summed E-state index contributed by atoms with van der Waals surface area (Å²) < 4.78 is 0. The van der Waals surface area contributed by atoms with Gasteiger partial charge < -0.3 is 15.7 Å². The van der Waals surface area contributed by atoms with E-state index in [9.17, 15) is 9.90 Å². The quantitative estimate of drug-likeness (QED) is 0.554. The van der Waals surface area contributed by atoms with E-state index in [1.807, 2.05) is 6.92 Å². The van der Waals surface area contributed by atoms with Gasteiger partial charge in [-0.25, -0.2) is 0 Å². The molecule has 0 bridgehead atoms. The van der Waals surface area contributed by atoms with E-state index in [-0.39, 0.29) is 18.6 Å². The molecule has 4 nitrogen and oxygen atoms in total. The SMILES string of the molecule is CCCNC(=O)CNCC(O)CC(C)C. The van der Waals surface area contributed by atoms with Crippen LogP contribution in [0.3, 0.4) is 0 Å². The third-order valence-corrected chi connectivity index (χ3v) is 1.98. The summed E-state index contributed by atoms with van der Waals surface area (Å²) in [6.07, 6.45) is 1.36. The Bertz CT molecular complexity index is 172. The first kappa shape index (κ1) is 14.4. The van der Waals surface area contributed by atoms with Crippen LogP contribution in [-0.2, 0) is 4.79 Å². The molecule has 0 aromatic heterocycles. The molecular formula is C11H24N2O2. The van der Waals surface area contributed by atoms with E-state index in [2.05, 4.69) is 24.5 Å². The zero-order valence-electron chi connectivity index (χ0n) is 10.0. The normalized spacial score (nSPS) is 12.9. The largest absolute Gasteiger partial charge is 0.392 e. The fourth-order valence-corrected chi connectivity index (χ4v) is 1.31. The highest BCUT2D eigenvalue weighted by Gasteiger charge is 2.07. The molecule has 0 saturated carbocycles. The molecule has 1 unspecified atom stereocenters. The van der Waals surface area contributed by atoms with Crippen molar-refractivity contribution in [2.45, 2.75) is 39.7 Å². The Labute approximate surface area is 92.4 Å². The van der Waals surface area contributed by atoms with Crippen LogP contribution in [0, 0.1) is 5.92 Å². The van der Waals surface area contributed by atoms with Crippen LogP contribution in [0.2, 0.25) is 0 Å². The lowest BCUT2D eigenvalue weighted by atomic mass is 10.1. The highest BCUT2D eigenvalue weighted by atomic mass is 16.3. The van der Waals surface area contributed by atoms with Crippen molar-refractivity contribution in [3.63, 3.8) is 0 Å². The molecule has 0 saturated heterocycles. The van der Waals surface area contributed by atoms with Crippen LogP contribution >= 0.6 is 0 Å². The van der Waals surface area contributed by atoms with Gasteiger partial charge in [0, 0.05) is 13.1 Å². The molecule has 0 aromatic rings. The molecule has 0 aliphatic rings. The maximum absolute atomic E-state index is 11.2. The van der Waals surface area contributed by atoms with Gasteiger partial charge in [-0.15, -0.1) is 0 Å². The fraction of sp³-hybridized carbons (Fsp3) is 0.909. The minimum Gasteiger partial charge on any atom is -0.392 e. The van der Waals surface area contributed by atoms with Crippen molar-refractivity contribution >= 4 is 5.91 Å². The van der Waals surface area contributed by atoms with Gasteiger partial charge in [-0.3, -0.25) is 4.79 Å². The first-order chi connectivity index (χ1) is 7.06. The van der Waals surface area contributed by atoms with Crippen LogP contribution in [-0.4, -0.2) is 36.8 Å². The summed E-state index contributed by atoms with van der Waals surface area (Å²) in [5, 5.41) is 15.2. The summed E-state index contributed by atoms with van der Waals surface area (Å²) in [5.74, 6) is 0.476. The highest BCUT2D eigenvalue weighted by Crippen LogP contribution is 2.02. The third-order valence-electron chi connectivity index (χ3n) is 1.98. The van der Waals surface area contributed by atoms with E-state index < -0.39 is 0 Å². The number of amides is 1. The van der Waals surface area contributed by atoms with Gasteiger partial charge in [0.05, 0.1) is 12.6 Å². The smallest absolute Gasteiger partial charge is 0.233 e. The molecule has 0 radical (unpaired) electrons. The number of rotatable bonds is 8. The van der Waals surface area contributed by atoms with Crippen LogP contribution in [0.4, 0.5) is 0 Å². The van der Waals surface area contributed by atoms with Gasteiger partial charge >= 0.3 is 0 Å². The number of aliphatic hydroxyl groups is 1. The molecule has 0 aliphatic carbocycles. The first-order valence-corrected chi connectivity index (χ1v) is 5.71. The average molecular weight is 216 g/mol. The van der Waals surface area contributed by atoms with Crippen molar-refractivity contribution in [2.24, 2.45) is 5.92 Å². The number of carbonyl (C=O) groups excluding carboxylic acids is 1. The van der Waals surface area contributed by atoms with E-state index in [0.717, 1.165) is 19.4 Å². The van der Waals surface area contributed by atoms with Crippen molar-refractivity contribution in [1.29, 1.82) is 0 Å². The molecule has 0 rings (SSSR count). The van der Waals surface area contributed by atoms with Gasteiger partial charge in [-0.05, 0) is 18.8 Å². The molecule has 0 fully saturated rings. The average Bonchev–Trinajstić information content (AvgIpc) is 2.13. The predicted octanol–water partition coefficient (Wildman–Crippen LogP) is 0.509. The van der Waals surface area contributed by atoms with Gasteiger partial charge in [0.25, 0.3) is 0 Å². The minimum atomic E-state index is -0.357. The van der Waals surface area contributed by atoms with E-state index in [1.165, 1.54) is 0 Å². The maximum Gasteiger partial charge on any atom is 0.233 e. The fourth-order valence-electron chi connectivity index (χ4n) is 1.31. The van der Waals surface area contributed by atoms with Crippen LogP contribution in [0.15, 0.2) is 0 Å². The number of hydrogen-bond acceptors (Lipinski definition) is 3. The summed E-state index contributed by atoms with van der Waals surface area (Å²) in [7, 11) is 0. The Kier molecular flexibility index (Phi) is 8.33. The van der Waals surface area contributed by atoms with Gasteiger partial charge in [0.2, 0.25) is 5.91 Å². The molecule has 1 atom stereocenters. The number of aliphatic hydroxyl groups excluding tert-OH is 1. The molecule has 4 heteroatoms. The van der Waals surface area contributed by atoms with Crippen molar-refractivity contribution in [1.82, 2.24) is 10.6 Å². The van der Waals surface area contributed by atoms with Gasteiger partial charge in [0.1, 0.15) is 0 Å². The van der Waals surface area contributed by atoms with Gasteiger partial charge in [-0.2, -0.15) is 0 Å².